The summed E-state index contributed by atoms with van der Waals surface area (Å²) in [6.07, 6.45) is 13.0. The Morgan fingerprint density at radius 1 is 0.475 bits per heavy atom. The second-order valence-electron chi connectivity index (χ2n) is 15.3. The molecule has 1 aliphatic rings. The molecule has 11 nitrogen and oxygen atoms in total. The first kappa shape index (κ1) is 44.2. The maximum Gasteiger partial charge on any atom is 0.200 e. The van der Waals surface area contributed by atoms with Crippen molar-refractivity contribution >= 4 is 28.6 Å². The van der Waals surface area contributed by atoms with Crippen molar-refractivity contribution in [3.8, 4) is 51.7 Å². The van der Waals surface area contributed by atoms with Crippen LogP contribution in [-0.2, 0) is 0 Å². The maximum absolute atomic E-state index is 14.6. The summed E-state index contributed by atoms with van der Waals surface area (Å²) < 4.78 is 29.9. The lowest BCUT2D eigenvalue weighted by Crippen LogP contribution is -2.24. The molecule has 0 spiro atoms. The minimum atomic E-state index is -0.769. The smallest absolute Gasteiger partial charge is 0.200 e. The minimum absolute atomic E-state index is 0.0813. The second kappa shape index (κ2) is 21.8. The third-order valence-electron chi connectivity index (χ3n) is 10.5. The highest BCUT2D eigenvalue weighted by Crippen LogP contribution is 2.50. The number of unbranched alkanes of at least 4 members (excludes halogenated alkanes) is 9. The van der Waals surface area contributed by atoms with Crippen LogP contribution < -0.4 is 34.7 Å². The number of nitrogens with two attached hydrogens (primary N) is 1. The van der Waals surface area contributed by atoms with Gasteiger partial charge in [-0.05, 0) is 92.1 Å². The predicted molar refractivity (Wildman–Crippen MR) is 239 cm³/mol. The summed E-state index contributed by atoms with van der Waals surface area (Å²) in [4.78, 5) is 29.1. The van der Waals surface area contributed by atoms with Crippen LogP contribution >= 0.6 is 0 Å². The van der Waals surface area contributed by atoms with E-state index in [2.05, 4.69) is 26.1 Å². The molecule has 1 aliphatic carbocycles. The number of rotatable bonds is 24. The summed E-state index contributed by atoms with van der Waals surface area (Å²) in [5, 5.41) is 26.6. The lowest BCUT2D eigenvalue weighted by Gasteiger charge is -2.25. The number of phenolic OH excluding ortho intramolecular Hbond substituents is 2. The molecule has 0 atom stereocenters. The molecule has 5 aromatic rings. The van der Waals surface area contributed by atoms with Gasteiger partial charge in [-0.3, -0.25) is 9.59 Å². The average Bonchev–Trinajstić information content (AvgIpc) is 3.26. The number of aromatic hydroxyl groups is 2. The van der Waals surface area contributed by atoms with Gasteiger partial charge >= 0.3 is 0 Å². The van der Waals surface area contributed by atoms with Crippen molar-refractivity contribution < 1.29 is 43.5 Å². The molecule has 6 rings (SSSR count). The number of phenols is 2. The van der Waals surface area contributed by atoms with Gasteiger partial charge in [0, 0.05) is 23.5 Å². The van der Waals surface area contributed by atoms with Gasteiger partial charge in [-0.15, -0.1) is 0 Å². The minimum Gasteiger partial charge on any atom is -0.504 e. The summed E-state index contributed by atoms with van der Waals surface area (Å²) in [6, 6.07) is 23.7. The fraction of sp³-hybridized carbons (Fsp3) is 0.360. The molecule has 0 aromatic heterocycles. The van der Waals surface area contributed by atoms with E-state index in [1.54, 1.807) is 60.7 Å². The molecule has 0 saturated carbocycles. The fourth-order valence-corrected chi connectivity index (χ4v) is 7.15. The Kier molecular flexibility index (Phi) is 15.8. The van der Waals surface area contributed by atoms with Crippen LogP contribution in [0.2, 0.25) is 0 Å². The number of carbonyl (C=O) groups is 2. The zero-order valence-corrected chi connectivity index (χ0v) is 35.5. The Bertz CT molecular complexity index is 2240. The van der Waals surface area contributed by atoms with Crippen molar-refractivity contribution in [1.29, 1.82) is 0 Å². The Hall–Kier alpha value is -6.36. The van der Waals surface area contributed by atoms with Crippen molar-refractivity contribution in [3.63, 3.8) is 0 Å². The number of fused-ring (bicyclic) bond motifs is 2. The molecule has 0 heterocycles. The van der Waals surface area contributed by atoms with Gasteiger partial charge in [-0.2, -0.15) is 0 Å². The fourth-order valence-electron chi connectivity index (χ4n) is 7.15. The van der Waals surface area contributed by atoms with E-state index in [0.717, 1.165) is 77.0 Å². The SMILES string of the molecule is CCCCCCOc1ccc(Nc2cc(Oc3ccc(OCCCCCC)cc3)c(O)c3c2C(=O)c2c(O)c(Oc4ccc(OCCCCCC)cc4)cc(N)c2C3=O)cc1. The van der Waals surface area contributed by atoms with Gasteiger partial charge in [0.1, 0.15) is 28.7 Å². The van der Waals surface area contributed by atoms with E-state index in [0.29, 0.717) is 54.3 Å². The molecule has 322 valence electrons. The summed E-state index contributed by atoms with van der Waals surface area (Å²) in [5.41, 5.74) is 5.99. The van der Waals surface area contributed by atoms with E-state index in [1.807, 2.05) is 12.1 Å². The monoisotopic (exact) mass is 830 g/mol. The van der Waals surface area contributed by atoms with Crippen molar-refractivity contribution in [3.05, 3.63) is 107 Å². The molecule has 0 fully saturated rings. The van der Waals surface area contributed by atoms with Crippen LogP contribution in [0.4, 0.5) is 17.1 Å². The molecule has 5 N–H and O–H groups in total. The molecule has 0 saturated heterocycles. The largest absolute Gasteiger partial charge is 0.504 e. The third kappa shape index (κ3) is 11.3. The molecule has 5 aromatic carbocycles. The first-order valence-corrected chi connectivity index (χ1v) is 21.7. The van der Waals surface area contributed by atoms with E-state index in [4.69, 9.17) is 29.4 Å². The van der Waals surface area contributed by atoms with Gasteiger partial charge in [0.05, 0.1) is 47.8 Å². The number of hydrogen-bond donors (Lipinski definition) is 4. The first-order chi connectivity index (χ1) is 29.7. The molecule has 0 bridgehead atoms. The molecule has 0 unspecified atom stereocenters. The van der Waals surface area contributed by atoms with Gasteiger partial charge < -0.3 is 44.9 Å². The zero-order chi connectivity index (χ0) is 43.1. The van der Waals surface area contributed by atoms with Gasteiger partial charge in [0.15, 0.2) is 23.0 Å². The zero-order valence-electron chi connectivity index (χ0n) is 35.5. The van der Waals surface area contributed by atoms with Crippen LogP contribution in [0, 0.1) is 0 Å². The van der Waals surface area contributed by atoms with Crippen LogP contribution in [0.5, 0.6) is 51.7 Å². The molecular formula is C50H58N2O9. The van der Waals surface area contributed by atoms with E-state index in [1.165, 1.54) is 12.1 Å². The third-order valence-corrected chi connectivity index (χ3v) is 10.5. The van der Waals surface area contributed by atoms with Crippen molar-refractivity contribution in [1.82, 2.24) is 0 Å². The summed E-state index contributed by atoms with van der Waals surface area (Å²) in [5.74, 6) is -0.102. The highest BCUT2D eigenvalue weighted by molar-refractivity contribution is 6.34. The number of ketones is 2. The normalized spacial score (nSPS) is 11.8. The number of nitrogen functional groups attached to an aromatic ring is 1. The highest BCUT2D eigenvalue weighted by atomic mass is 16.5. The molecule has 0 radical (unpaired) electrons. The second-order valence-corrected chi connectivity index (χ2v) is 15.3. The molecule has 11 heteroatoms. The van der Waals surface area contributed by atoms with Crippen LogP contribution in [-0.4, -0.2) is 41.6 Å². The Labute approximate surface area is 358 Å². The quantitative estimate of drug-likeness (QED) is 0.0261. The number of carbonyl (C=O) groups excluding carboxylic acids is 2. The molecule has 0 aliphatic heterocycles. The van der Waals surface area contributed by atoms with Crippen molar-refractivity contribution in [2.45, 2.75) is 97.8 Å². The van der Waals surface area contributed by atoms with Crippen LogP contribution in [0.3, 0.4) is 0 Å². The van der Waals surface area contributed by atoms with Crippen molar-refractivity contribution in [2.24, 2.45) is 0 Å². The lowest BCUT2D eigenvalue weighted by molar-refractivity contribution is 0.0974. The summed E-state index contributed by atoms with van der Waals surface area (Å²) >= 11 is 0. The average molecular weight is 831 g/mol. The Balaban J connectivity index is 1.30. The van der Waals surface area contributed by atoms with Crippen LogP contribution in [0.1, 0.15) is 130 Å². The highest BCUT2D eigenvalue weighted by Gasteiger charge is 2.40. The number of benzene rings is 5. The maximum atomic E-state index is 14.6. The number of ether oxygens (including phenoxy) is 5. The molecule has 61 heavy (non-hydrogen) atoms. The van der Waals surface area contributed by atoms with Crippen LogP contribution in [0.15, 0.2) is 84.9 Å². The van der Waals surface area contributed by atoms with Gasteiger partial charge in [0.2, 0.25) is 11.6 Å². The van der Waals surface area contributed by atoms with Crippen molar-refractivity contribution in [2.75, 3.05) is 30.9 Å². The van der Waals surface area contributed by atoms with E-state index in [-0.39, 0.29) is 45.1 Å². The van der Waals surface area contributed by atoms with E-state index in [9.17, 15) is 19.8 Å². The van der Waals surface area contributed by atoms with Gasteiger partial charge in [0.25, 0.3) is 0 Å². The van der Waals surface area contributed by atoms with Crippen LogP contribution in [0.25, 0.3) is 0 Å². The lowest BCUT2D eigenvalue weighted by atomic mass is 9.81. The topological polar surface area (TPSA) is 159 Å². The van der Waals surface area contributed by atoms with E-state index >= 15 is 0 Å². The first-order valence-electron chi connectivity index (χ1n) is 21.7. The van der Waals surface area contributed by atoms with E-state index < -0.39 is 23.1 Å². The summed E-state index contributed by atoms with van der Waals surface area (Å²) in [7, 11) is 0. The van der Waals surface area contributed by atoms with Gasteiger partial charge in [-0.25, -0.2) is 0 Å². The predicted octanol–water partition coefficient (Wildman–Crippen LogP) is 12.7. The summed E-state index contributed by atoms with van der Waals surface area (Å²) in [6.45, 7) is 8.27. The van der Waals surface area contributed by atoms with Gasteiger partial charge in [-0.1, -0.05) is 78.6 Å². The number of hydrogen-bond acceptors (Lipinski definition) is 11. The molecule has 0 amide bonds. The Morgan fingerprint density at radius 2 is 0.852 bits per heavy atom. The standard InChI is InChI=1S/C50H58N2O9/c1-4-7-10-13-28-57-34-18-16-33(17-19-34)52-40-32-42(61-38-26-22-36(23-27-38)59-30-15-12-9-6-3)48(54)46-44(40)50(56)45-43(49(46)55)39(51)31-41(47(45)53)60-37-24-20-35(21-25-37)58-29-14-11-8-5-2/h16-27,31-32,52-54H,4-15,28-30,51H2,1-3H3. The number of anilines is 3. The number of nitrogens with one attached hydrogen (secondary N) is 1. The Morgan fingerprint density at radius 3 is 1.30 bits per heavy atom. The molecular weight excluding hydrogens is 773 g/mol.